The molecule has 138 valence electrons. The van der Waals surface area contributed by atoms with Crippen LogP contribution in [0.2, 0.25) is 0 Å². The molecular weight excluding hydrogens is 318 g/mol. The van der Waals surface area contributed by atoms with Gasteiger partial charge in [0.15, 0.2) is 0 Å². The molecule has 2 heterocycles. The van der Waals surface area contributed by atoms with Crippen molar-refractivity contribution in [3.8, 4) is 0 Å². The Morgan fingerprint density at radius 1 is 1.00 bits per heavy atom. The van der Waals surface area contributed by atoms with Crippen molar-refractivity contribution in [2.24, 2.45) is 5.92 Å². The highest BCUT2D eigenvalue weighted by molar-refractivity contribution is 5.57. The summed E-state index contributed by atoms with van der Waals surface area (Å²) in [6.07, 6.45) is 1.27. The van der Waals surface area contributed by atoms with Crippen LogP contribution in [0.3, 0.4) is 0 Å². The van der Waals surface area contributed by atoms with Gasteiger partial charge >= 0.3 is 0 Å². The SMILES string of the molecule is CCN(CC)CCN1CCC2C(c3ccccc3)Nc3ccccc3C21. The Morgan fingerprint density at radius 3 is 2.50 bits per heavy atom. The average Bonchev–Trinajstić information content (AvgIpc) is 3.13. The minimum atomic E-state index is 0.412. The summed E-state index contributed by atoms with van der Waals surface area (Å²) in [5.41, 5.74) is 4.22. The van der Waals surface area contributed by atoms with Crippen molar-refractivity contribution in [2.45, 2.75) is 32.4 Å². The number of benzene rings is 2. The number of hydrogen-bond acceptors (Lipinski definition) is 3. The highest BCUT2D eigenvalue weighted by atomic mass is 15.2. The van der Waals surface area contributed by atoms with E-state index in [-0.39, 0.29) is 0 Å². The van der Waals surface area contributed by atoms with E-state index in [0.717, 1.165) is 13.1 Å². The van der Waals surface area contributed by atoms with Crippen LogP contribution in [0.25, 0.3) is 0 Å². The Balaban J connectivity index is 1.62. The molecule has 2 aliphatic rings. The van der Waals surface area contributed by atoms with E-state index < -0.39 is 0 Å². The molecule has 2 aromatic carbocycles. The summed E-state index contributed by atoms with van der Waals surface area (Å²) in [7, 11) is 0. The molecule has 0 aromatic heterocycles. The van der Waals surface area contributed by atoms with E-state index in [9.17, 15) is 0 Å². The van der Waals surface area contributed by atoms with Crippen LogP contribution in [0.1, 0.15) is 43.5 Å². The van der Waals surface area contributed by atoms with Crippen LogP contribution < -0.4 is 5.32 Å². The van der Waals surface area contributed by atoms with E-state index >= 15 is 0 Å². The van der Waals surface area contributed by atoms with Crippen molar-refractivity contribution in [3.05, 3.63) is 65.7 Å². The monoisotopic (exact) mass is 349 g/mol. The first-order valence-corrected chi connectivity index (χ1v) is 10.2. The zero-order valence-electron chi connectivity index (χ0n) is 16.1. The van der Waals surface area contributed by atoms with Crippen molar-refractivity contribution < 1.29 is 0 Å². The highest BCUT2D eigenvalue weighted by Gasteiger charge is 2.44. The summed E-state index contributed by atoms with van der Waals surface area (Å²) in [5, 5.41) is 3.86. The zero-order valence-corrected chi connectivity index (χ0v) is 16.1. The minimum Gasteiger partial charge on any atom is -0.378 e. The maximum Gasteiger partial charge on any atom is 0.0560 e. The third-order valence-corrected chi connectivity index (χ3v) is 6.32. The molecule has 1 saturated heterocycles. The van der Waals surface area contributed by atoms with Crippen molar-refractivity contribution >= 4 is 5.69 Å². The Hall–Kier alpha value is -1.84. The molecule has 0 spiro atoms. The number of likely N-dealkylation sites (tertiary alicyclic amines) is 1. The van der Waals surface area contributed by atoms with E-state index in [4.69, 9.17) is 0 Å². The first-order valence-electron chi connectivity index (χ1n) is 10.2. The predicted octanol–water partition coefficient (Wildman–Crippen LogP) is 4.56. The fraction of sp³-hybridized carbons (Fsp3) is 0.478. The maximum absolute atomic E-state index is 3.86. The fourth-order valence-electron chi connectivity index (χ4n) is 4.87. The van der Waals surface area contributed by atoms with Crippen LogP contribution in [0, 0.1) is 5.92 Å². The van der Waals surface area contributed by atoms with E-state index in [2.05, 4.69) is 83.6 Å². The molecule has 0 amide bonds. The van der Waals surface area contributed by atoms with Gasteiger partial charge in [-0.3, -0.25) is 4.90 Å². The summed E-state index contributed by atoms with van der Waals surface area (Å²) in [4.78, 5) is 5.27. The van der Waals surface area contributed by atoms with Crippen LogP contribution in [-0.2, 0) is 0 Å². The van der Waals surface area contributed by atoms with E-state index in [1.54, 1.807) is 0 Å². The molecule has 0 bridgehead atoms. The molecule has 3 heteroatoms. The number of anilines is 1. The zero-order chi connectivity index (χ0) is 17.9. The third kappa shape index (κ3) is 3.26. The maximum atomic E-state index is 3.86. The Morgan fingerprint density at radius 2 is 1.73 bits per heavy atom. The lowest BCUT2D eigenvalue weighted by atomic mass is 9.80. The largest absolute Gasteiger partial charge is 0.378 e. The molecule has 1 fully saturated rings. The third-order valence-electron chi connectivity index (χ3n) is 6.32. The average molecular weight is 350 g/mol. The van der Waals surface area contributed by atoms with Gasteiger partial charge in [-0.15, -0.1) is 0 Å². The second-order valence-electron chi connectivity index (χ2n) is 7.58. The number of rotatable bonds is 6. The number of hydrogen-bond donors (Lipinski definition) is 1. The molecule has 0 saturated carbocycles. The molecule has 3 nitrogen and oxygen atoms in total. The van der Waals surface area contributed by atoms with Crippen LogP contribution in [0.4, 0.5) is 5.69 Å². The van der Waals surface area contributed by atoms with Crippen LogP contribution in [0.5, 0.6) is 0 Å². The molecule has 2 aromatic rings. The molecule has 3 atom stereocenters. The quantitative estimate of drug-likeness (QED) is 0.825. The van der Waals surface area contributed by atoms with Gasteiger partial charge in [0.25, 0.3) is 0 Å². The van der Waals surface area contributed by atoms with Crippen molar-refractivity contribution in [3.63, 3.8) is 0 Å². The van der Waals surface area contributed by atoms with E-state index in [0.29, 0.717) is 18.0 Å². The van der Waals surface area contributed by atoms with Gasteiger partial charge < -0.3 is 10.2 Å². The summed E-state index contributed by atoms with van der Waals surface area (Å²) < 4.78 is 0. The van der Waals surface area contributed by atoms with Gasteiger partial charge in [-0.1, -0.05) is 62.4 Å². The predicted molar refractivity (Wildman–Crippen MR) is 109 cm³/mol. The summed E-state index contributed by atoms with van der Waals surface area (Å²) in [5.74, 6) is 0.643. The number of likely N-dealkylation sites (N-methyl/N-ethyl adjacent to an activating group) is 1. The number of fused-ring (bicyclic) bond motifs is 3. The van der Waals surface area contributed by atoms with Gasteiger partial charge in [0.1, 0.15) is 0 Å². The summed E-state index contributed by atoms with van der Waals surface area (Å²) in [6, 6.07) is 20.9. The van der Waals surface area contributed by atoms with Crippen LogP contribution in [0.15, 0.2) is 54.6 Å². The van der Waals surface area contributed by atoms with Gasteiger partial charge in [0.05, 0.1) is 6.04 Å². The highest BCUT2D eigenvalue weighted by Crippen LogP contribution is 2.50. The fourth-order valence-corrected chi connectivity index (χ4v) is 4.87. The normalized spacial score (nSPS) is 25.0. The topological polar surface area (TPSA) is 18.5 Å². The molecular formula is C23H31N3. The van der Waals surface area contributed by atoms with Gasteiger partial charge in [-0.25, -0.2) is 0 Å². The van der Waals surface area contributed by atoms with Crippen LogP contribution >= 0.6 is 0 Å². The van der Waals surface area contributed by atoms with Crippen LogP contribution in [-0.4, -0.2) is 42.5 Å². The lowest BCUT2D eigenvalue weighted by Crippen LogP contribution is -2.38. The molecule has 0 radical (unpaired) electrons. The first-order chi connectivity index (χ1) is 12.8. The number of nitrogens with one attached hydrogen (secondary N) is 1. The lowest BCUT2D eigenvalue weighted by molar-refractivity contribution is 0.179. The van der Waals surface area contributed by atoms with Gasteiger partial charge in [0.2, 0.25) is 0 Å². The minimum absolute atomic E-state index is 0.412. The second-order valence-corrected chi connectivity index (χ2v) is 7.58. The van der Waals surface area contributed by atoms with Gasteiger partial charge in [-0.2, -0.15) is 0 Å². The molecule has 1 N–H and O–H groups in total. The lowest BCUT2D eigenvalue weighted by Gasteiger charge is -2.40. The Kier molecular flexibility index (Phi) is 5.28. The molecule has 4 rings (SSSR count). The smallest absolute Gasteiger partial charge is 0.0560 e. The second kappa shape index (κ2) is 7.81. The van der Waals surface area contributed by atoms with E-state index in [1.165, 1.54) is 42.9 Å². The van der Waals surface area contributed by atoms with Crippen molar-refractivity contribution in [2.75, 3.05) is 38.0 Å². The molecule has 26 heavy (non-hydrogen) atoms. The van der Waals surface area contributed by atoms with Crippen molar-refractivity contribution in [1.29, 1.82) is 0 Å². The number of para-hydroxylation sites is 1. The number of nitrogens with zero attached hydrogens (tertiary/aromatic N) is 2. The Bertz CT molecular complexity index is 710. The Labute approximate surface area is 158 Å². The van der Waals surface area contributed by atoms with E-state index in [1.807, 2.05) is 0 Å². The standard InChI is InChI=1S/C23H31N3/c1-3-25(4-2)16-17-26-15-14-20-22(18-10-6-5-7-11-18)24-21-13-9-8-12-19(21)23(20)26/h5-13,20,22-24H,3-4,14-17H2,1-2H3. The summed E-state index contributed by atoms with van der Waals surface area (Å²) >= 11 is 0. The first kappa shape index (κ1) is 17.6. The van der Waals surface area contributed by atoms with Crippen molar-refractivity contribution in [1.82, 2.24) is 9.80 Å². The van der Waals surface area contributed by atoms with Gasteiger partial charge in [0, 0.05) is 30.7 Å². The molecule has 3 unspecified atom stereocenters. The van der Waals surface area contributed by atoms with Gasteiger partial charge in [-0.05, 0) is 43.2 Å². The molecule has 0 aliphatic carbocycles. The molecule has 2 aliphatic heterocycles. The summed E-state index contributed by atoms with van der Waals surface area (Å²) in [6.45, 7) is 10.4.